The largest absolute Gasteiger partial charge is 0.492 e. The minimum Gasteiger partial charge on any atom is -0.492 e. The van der Waals surface area contributed by atoms with Gasteiger partial charge in [-0.2, -0.15) is 0 Å². The van der Waals surface area contributed by atoms with Crippen molar-refractivity contribution in [3.05, 3.63) is 53.6 Å². The summed E-state index contributed by atoms with van der Waals surface area (Å²) in [5.74, 6) is 6.52. The molecule has 0 aliphatic heterocycles. The standard InChI is InChI=1S/C22H26O2/c1-3-5-16-24-22-14-13-20(17-21(22)8-6-15-23)19-11-9-18(7-4-2)10-12-19/h9-14,17,23H,3-5,7,15-16H2,1-2H3. The van der Waals surface area contributed by atoms with Gasteiger partial charge in [0.1, 0.15) is 12.4 Å². The number of ether oxygens (including phenoxy) is 1. The van der Waals surface area contributed by atoms with Crippen LogP contribution >= 0.6 is 0 Å². The lowest BCUT2D eigenvalue weighted by molar-refractivity contribution is 0.308. The van der Waals surface area contributed by atoms with Gasteiger partial charge in [0.25, 0.3) is 0 Å². The van der Waals surface area contributed by atoms with E-state index in [9.17, 15) is 0 Å². The van der Waals surface area contributed by atoms with Crippen molar-refractivity contribution in [1.29, 1.82) is 0 Å². The molecular weight excluding hydrogens is 296 g/mol. The Morgan fingerprint density at radius 3 is 2.38 bits per heavy atom. The molecule has 2 aromatic carbocycles. The Morgan fingerprint density at radius 2 is 1.71 bits per heavy atom. The predicted molar refractivity (Wildman–Crippen MR) is 100 cm³/mol. The monoisotopic (exact) mass is 322 g/mol. The first-order valence-corrected chi connectivity index (χ1v) is 8.74. The van der Waals surface area contributed by atoms with Crippen LogP contribution in [0.5, 0.6) is 5.75 Å². The highest BCUT2D eigenvalue weighted by Gasteiger charge is 2.05. The number of rotatable bonds is 7. The van der Waals surface area contributed by atoms with Crippen LogP contribution in [0, 0.1) is 11.8 Å². The van der Waals surface area contributed by atoms with Gasteiger partial charge in [-0.3, -0.25) is 0 Å². The number of benzene rings is 2. The summed E-state index contributed by atoms with van der Waals surface area (Å²) in [7, 11) is 0. The van der Waals surface area contributed by atoms with Crippen LogP contribution < -0.4 is 4.74 Å². The molecule has 0 spiro atoms. The van der Waals surface area contributed by atoms with Gasteiger partial charge in [0.05, 0.1) is 12.2 Å². The summed E-state index contributed by atoms with van der Waals surface area (Å²) in [4.78, 5) is 0. The predicted octanol–water partition coefficient (Wildman–Crippen LogP) is 4.83. The molecule has 0 amide bonds. The summed E-state index contributed by atoms with van der Waals surface area (Å²) in [6.45, 7) is 4.87. The zero-order valence-corrected chi connectivity index (χ0v) is 14.6. The van der Waals surface area contributed by atoms with Gasteiger partial charge >= 0.3 is 0 Å². The fraction of sp³-hybridized carbons (Fsp3) is 0.364. The first-order chi connectivity index (χ1) is 11.8. The van der Waals surface area contributed by atoms with E-state index in [0.29, 0.717) is 6.61 Å². The molecule has 0 bridgehead atoms. The van der Waals surface area contributed by atoms with Crippen LogP contribution in [0.2, 0.25) is 0 Å². The average molecular weight is 322 g/mol. The molecule has 126 valence electrons. The molecule has 0 saturated carbocycles. The van der Waals surface area contributed by atoms with Crippen LogP contribution in [0.25, 0.3) is 11.1 Å². The average Bonchev–Trinajstić information content (AvgIpc) is 2.62. The van der Waals surface area contributed by atoms with Gasteiger partial charge in [-0.25, -0.2) is 0 Å². The first kappa shape index (κ1) is 18.1. The second kappa shape index (κ2) is 9.80. The lowest BCUT2D eigenvalue weighted by Gasteiger charge is -2.10. The Labute approximate surface area is 145 Å². The summed E-state index contributed by atoms with van der Waals surface area (Å²) < 4.78 is 5.83. The molecule has 0 radical (unpaired) electrons. The molecular formula is C22H26O2. The normalized spacial score (nSPS) is 10.1. The lowest BCUT2D eigenvalue weighted by Crippen LogP contribution is -1.99. The SMILES string of the molecule is CCCCOc1ccc(-c2ccc(CCC)cc2)cc1C#CCO. The van der Waals surface area contributed by atoms with E-state index < -0.39 is 0 Å². The van der Waals surface area contributed by atoms with Gasteiger partial charge in [-0.15, -0.1) is 0 Å². The summed E-state index contributed by atoms with van der Waals surface area (Å²) in [5, 5.41) is 8.99. The Kier molecular flexibility index (Phi) is 7.39. The van der Waals surface area contributed by atoms with Crippen LogP contribution in [0.1, 0.15) is 44.2 Å². The highest BCUT2D eigenvalue weighted by atomic mass is 16.5. The minimum absolute atomic E-state index is 0.148. The highest BCUT2D eigenvalue weighted by Crippen LogP contribution is 2.27. The quantitative estimate of drug-likeness (QED) is 0.584. The van der Waals surface area contributed by atoms with E-state index in [4.69, 9.17) is 9.84 Å². The van der Waals surface area contributed by atoms with Crippen LogP contribution in [0.4, 0.5) is 0 Å². The van der Waals surface area contributed by atoms with Crippen molar-refractivity contribution in [2.24, 2.45) is 0 Å². The Bertz CT molecular complexity index is 690. The summed E-state index contributed by atoms with van der Waals surface area (Å²) in [6.07, 6.45) is 4.38. The van der Waals surface area contributed by atoms with Crippen molar-refractivity contribution in [3.63, 3.8) is 0 Å². The second-order valence-corrected chi connectivity index (χ2v) is 5.82. The number of hydrogen-bond acceptors (Lipinski definition) is 2. The van der Waals surface area contributed by atoms with Crippen LogP contribution in [-0.2, 0) is 6.42 Å². The number of aliphatic hydroxyl groups is 1. The zero-order chi connectivity index (χ0) is 17.2. The fourth-order valence-corrected chi connectivity index (χ4v) is 2.55. The van der Waals surface area contributed by atoms with E-state index in [-0.39, 0.29) is 6.61 Å². The molecule has 0 atom stereocenters. The molecule has 2 nitrogen and oxygen atoms in total. The number of aliphatic hydroxyl groups excluding tert-OH is 1. The molecule has 2 heteroatoms. The zero-order valence-electron chi connectivity index (χ0n) is 14.6. The van der Waals surface area contributed by atoms with Crippen molar-refractivity contribution in [2.75, 3.05) is 13.2 Å². The van der Waals surface area contributed by atoms with E-state index in [2.05, 4.69) is 56.0 Å². The van der Waals surface area contributed by atoms with Crippen molar-refractivity contribution in [3.8, 4) is 28.7 Å². The Balaban J connectivity index is 2.27. The topological polar surface area (TPSA) is 29.5 Å². The van der Waals surface area contributed by atoms with Crippen LogP contribution in [0.3, 0.4) is 0 Å². The number of hydrogen-bond donors (Lipinski definition) is 1. The van der Waals surface area contributed by atoms with Crippen LogP contribution in [0.15, 0.2) is 42.5 Å². The van der Waals surface area contributed by atoms with Crippen molar-refractivity contribution >= 4 is 0 Å². The third-order valence-electron chi connectivity index (χ3n) is 3.86. The van der Waals surface area contributed by atoms with Gasteiger partial charge in [-0.1, -0.05) is 68.9 Å². The number of aryl methyl sites for hydroxylation is 1. The Morgan fingerprint density at radius 1 is 0.958 bits per heavy atom. The van der Waals surface area contributed by atoms with Crippen LogP contribution in [-0.4, -0.2) is 18.3 Å². The highest BCUT2D eigenvalue weighted by molar-refractivity contribution is 5.68. The van der Waals surface area contributed by atoms with Crippen molar-refractivity contribution < 1.29 is 9.84 Å². The maximum Gasteiger partial charge on any atom is 0.134 e. The van der Waals surface area contributed by atoms with Gasteiger partial charge in [0, 0.05) is 0 Å². The molecule has 0 aromatic heterocycles. The fourth-order valence-electron chi connectivity index (χ4n) is 2.55. The molecule has 2 rings (SSSR count). The second-order valence-electron chi connectivity index (χ2n) is 5.82. The van der Waals surface area contributed by atoms with E-state index in [0.717, 1.165) is 42.6 Å². The molecule has 0 saturated heterocycles. The molecule has 0 aliphatic rings. The van der Waals surface area contributed by atoms with E-state index in [1.54, 1.807) is 0 Å². The van der Waals surface area contributed by atoms with E-state index >= 15 is 0 Å². The van der Waals surface area contributed by atoms with E-state index in [1.807, 2.05) is 12.1 Å². The minimum atomic E-state index is -0.148. The number of unbranched alkanes of at least 4 members (excludes halogenated alkanes) is 1. The first-order valence-electron chi connectivity index (χ1n) is 8.74. The summed E-state index contributed by atoms with van der Waals surface area (Å²) in [5.41, 5.74) is 4.47. The summed E-state index contributed by atoms with van der Waals surface area (Å²) >= 11 is 0. The van der Waals surface area contributed by atoms with Crippen molar-refractivity contribution in [2.45, 2.75) is 39.5 Å². The third kappa shape index (κ3) is 5.15. The molecule has 0 fully saturated rings. The lowest BCUT2D eigenvalue weighted by atomic mass is 10.00. The molecule has 2 aromatic rings. The Hall–Kier alpha value is -2.24. The van der Waals surface area contributed by atoms with Gasteiger partial charge in [0.15, 0.2) is 0 Å². The maximum atomic E-state index is 8.99. The van der Waals surface area contributed by atoms with Gasteiger partial charge < -0.3 is 9.84 Å². The molecule has 0 unspecified atom stereocenters. The van der Waals surface area contributed by atoms with Crippen molar-refractivity contribution in [1.82, 2.24) is 0 Å². The molecule has 0 aliphatic carbocycles. The van der Waals surface area contributed by atoms with Gasteiger partial charge in [0.2, 0.25) is 0 Å². The van der Waals surface area contributed by atoms with Gasteiger partial charge in [-0.05, 0) is 41.7 Å². The summed E-state index contributed by atoms with van der Waals surface area (Å²) in [6, 6.07) is 14.8. The smallest absolute Gasteiger partial charge is 0.134 e. The molecule has 0 heterocycles. The maximum absolute atomic E-state index is 8.99. The molecule has 24 heavy (non-hydrogen) atoms. The third-order valence-corrected chi connectivity index (χ3v) is 3.86. The van der Waals surface area contributed by atoms with E-state index in [1.165, 1.54) is 11.1 Å². The molecule has 1 N–H and O–H groups in total.